The minimum absolute atomic E-state index is 0.242. The van der Waals surface area contributed by atoms with Gasteiger partial charge in [0, 0.05) is 32.8 Å². The molecule has 5 heteroatoms. The SMILES string of the molecule is COc1cccc2c1CCN(CC(O)COC1CCOCC1)CC2. The smallest absolute Gasteiger partial charge is 0.122 e. The minimum atomic E-state index is -0.434. The molecule has 134 valence electrons. The van der Waals surface area contributed by atoms with Crippen LogP contribution < -0.4 is 4.74 Å². The first-order chi connectivity index (χ1) is 11.8. The van der Waals surface area contributed by atoms with Gasteiger partial charge < -0.3 is 24.2 Å². The molecular formula is C19H29NO4. The van der Waals surface area contributed by atoms with Crippen molar-refractivity contribution in [1.82, 2.24) is 4.90 Å². The predicted molar refractivity (Wildman–Crippen MR) is 92.6 cm³/mol. The number of nitrogens with zero attached hydrogens (tertiary/aromatic N) is 1. The molecule has 0 aliphatic carbocycles. The van der Waals surface area contributed by atoms with Crippen LogP contribution in [0.15, 0.2) is 18.2 Å². The number of fused-ring (bicyclic) bond motifs is 1. The van der Waals surface area contributed by atoms with Gasteiger partial charge in [-0.1, -0.05) is 12.1 Å². The Morgan fingerprint density at radius 3 is 2.83 bits per heavy atom. The number of hydrogen-bond donors (Lipinski definition) is 1. The number of β-amino-alcohol motifs (C(OH)–C–C–N with tert-alkyl or cyclic N) is 1. The van der Waals surface area contributed by atoms with Gasteiger partial charge in [0.25, 0.3) is 0 Å². The van der Waals surface area contributed by atoms with Gasteiger partial charge in [-0.3, -0.25) is 0 Å². The van der Waals surface area contributed by atoms with E-state index in [4.69, 9.17) is 14.2 Å². The first kappa shape index (κ1) is 17.7. The number of ether oxygens (including phenoxy) is 3. The van der Waals surface area contributed by atoms with Gasteiger partial charge in [0.1, 0.15) is 5.75 Å². The molecular weight excluding hydrogens is 306 g/mol. The third-order valence-electron chi connectivity index (χ3n) is 4.99. The van der Waals surface area contributed by atoms with Crippen molar-refractivity contribution in [2.45, 2.75) is 37.9 Å². The number of benzene rings is 1. The highest BCUT2D eigenvalue weighted by Gasteiger charge is 2.20. The first-order valence-electron chi connectivity index (χ1n) is 9.01. The van der Waals surface area contributed by atoms with E-state index in [-0.39, 0.29) is 6.10 Å². The van der Waals surface area contributed by atoms with Gasteiger partial charge in [0.2, 0.25) is 0 Å². The van der Waals surface area contributed by atoms with Gasteiger partial charge in [-0.2, -0.15) is 0 Å². The molecule has 1 atom stereocenters. The number of methoxy groups -OCH3 is 1. The van der Waals surface area contributed by atoms with Crippen LogP contribution in [0.1, 0.15) is 24.0 Å². The van der Waals surface area contributed by atoms with Crippen molar-refractivity contribution in [2.75, 3.05) is 46.6 Å². The van der Waals surface area contributed by atoms with E-state index in [1.165, 1.54) is 11.1 Å². The van der Waals surface area contributed by atoms with Crippen LogP contribution in [0, 0.1) is 0 Å². The zero-order chi connectivity index (χ0) is 16.8. The summed E-state index contributed by atoms with van der Waals surface area (Å²) in [5, 5.41) is 10.3. The van der Waals surface area contributed by atoms with Gasteiger partial charge in [0.05, 0.1) is 25.9 Å². The molecule has 0 bridgehead atoms. The number of rotatable bonds is 6. The van der Waals surface area contributed by atoms with Crippen LogP contribution >= 0.6 is 0 Å². The van der Waals surface area contributed by atoms with Gasteiger partial charge in [-0.15, -0.1) is 0 Å². The summed E-state index contributed by atoms with van der Waals surface area (Å²) in [6.07, 6.45) is 3.64. The van der Waals surface area contributed by atoms with Crippen molar-refractivity contribution in [2.24, 2.45) is 0 Å². The van der Waals surface area contributed by atoms with Crippen molar-refractivity contribution >= 4 is 0 Å². The summed E-state index contributed by atoms with van der Waals surface area (Å²) < 4.78 is 16.7. The van der Waals surface area contributed by atoms with Gasteiger partial charge >= 0.3 is 0 Å². The van der Waals surface area contributed by atoms with E-state index in [9.17, 15) is 5.11 Å². The van der Waals surface area contributed by atoms with Crippen molar-refractivity contribution in [3.05, 3.63) is 29.3 Å². The molecule has 24 heavy (non-hydrogen) atoms. The van der Waals surface area contributed by atoms with E-state index in [2.05, 4.69) is 17.0 Å². The molecule has 1 saturated heterocycles. The van der Waals surface area contributed by atoms with Crippen LogP contribution in [0.3, 0.4) is 0 Å². The second-order valence-corrected chi connectivity index (χ2v) is 6.70. The maximum atomic E-state index is 10.3. The molecule has 1 aromatic carbocycles. The lowest BCUT2D eigenvalue weighted by Crippen LogP contribution is -2.37. The zero-order valence-electron chi connectivity index (χ0n) is 14.6. The zero-order valence-corrected chi connectivity index (χ0v) is 14.6. The predicted octanol–water partition coefficient (Wildman–Crippen LogP) is 1.65. The van der Waals surface area contributed by atoms with Crippen LogP contribution in [-0.2, 0) is 22.3 Å². The average molecular weight is 335 g/mol. The molecule has 2 aliphatic heterocycles. The summed E-state index contributed by atoms with van der Waals surface area (Å²) in [6.45, 7) is 4.53. The molecule has 0 radical (unpaired) electrons. The Labute approximate surface area is 144 Å². The number of aliphatic hydroxyl groups excluding tert-OH is 1. The Hall–Kier alpha value is -1.14. The maximum absolute atomic E-state index is 10.3. The highest BCUT2D eigenvalue weighted by Crippen LogP contribution is 2.25. The lowest BCUT2D eigenvalue weighted by molar-refractivity contribution is -0.0639. The summed E-state index contributed by atoms with van der Waals surface area (Å²) in [6, 6.07) is 6.28. The largest absolute Gasteiger partial charge is 0.496 e. The van der Waals surface area contributed by atoms with Crippen molar-refractivity contribution in [3.63, 3.8) is 0 Å². The van der Waals surface area contributed by atoms with Crippen LogP contribution in [0.25, 0.3) is 0 Å². The minimum Gasteiger partial charge on any atom is -0.496 e. The maximum Gasteiger partial charge on any atom is 0.122 e. The van der Waals surface area contributed by atoms with Crippen molar-refractivity contribution in [3.8, 4) is 5.75 Å². The summed E-state index contributed by atoms with van der Waals surface area (Å²) >= 11 is 0. The van der Waals surface area contributed by atoms with E-state index >= 15 is 0 Å². The van der Waals surface area contributed by atoms with E-state index < -0.39 is 6.10 Å². The molecule has 1 N–H and O–H groups in total. The van der Waals surface area contributed by atoms with Crippen LogP contribution in [0.2, 0.25) is 0 Å². The topological polar surface area (TPSA) is 51.2 Å². The summed E-state index contributed by atoms with van der Waals surface area (Å²) in [5.74, 6) is 0.984. The fourth-order valence-electron chi connectivity index (χ4n) is 3.60. The van der Waals surface area contributed by atoms with Crippen LogP contribution in [0.4, 0.5) is 0 Å². The highest BCUT2D eigenvalue weighted by atomic mass is 16.5. The normalized spacial score (nSPS) is 21.1. The van der Waals surface area contributed by atoms with Crippen molar-refractivity contribution < 1.29 is 19.3 Å². The molecule has 3 rings (SSSR count). The van der Waals surface area contributed by atoms with Crippen LogP contribution in [-0.4, -0.2) is 68.8 Å². The Balaban J connectivity index is 1.46. The second-order valence-electron chi connectivity index (χ2n) is 6.70. The lowest BCUT2D eigenvalue weighted by Gasteiger charge is -2.26. The summed E-state index contributed by atoms with van der Waals surface area (Å²) in [5.41, 5.74) is 2.68. The molecule has 5 nitrogen and oxygen atoms in total. The van der Waals surface area contributed by atoms with E-state index in [0.29, 0.717) is 13.2 Å². The second kappa shape index (κ2) is 8.81. The monoisotopic (exact) mass is 335 g/mol. The quantitative estimate of drug-likeness (QED) is 0.857. The summed E-state index contributed by atoms with van der Waals surface area (Å²) in [7, 11) is 1.73. The van der Waals surface area contributed by atoms with E-state index in [1.54, 1.807) is 7.11 Å². The Bertz CT molecular complexity index is 516. The molecule has 0 aromatic heterocycles. The number of aliphatic hydroxyl groups is 1. The van der Waals surface area contributed by atoms with E-state index in [1.807, 2.05) is 6.07 Å². The first-order valence-corrected chi connectivity index (χ1v) is 9.01. The lowest BCUT2D eigenvalue weighted by atomic mass is 10.0. The molecule has 2 heterocycles. The van der Waals surface area contributed by atoms with Crippen LogP contribution in [0.5, 0.6) is 5.75 Å². The summed E-state index contributed by atoms with van der Waals surface area (Å²) in [4.78, 5) is 2.33. The third-order valence-corrected chi connectivity index (χ3v) is 4.99. The van der Waals surface area contributed by atoms with E-state index in [0.717, 1.165) is 57.7 Å². The molecule has 1 fully saturated rings. The molecule has 1 unspecified atom stereocenters. The Morgan fingerprint density at radius 1 is 1.25 bits per heavy atom. The molecule has 1 aromatic rings. The average Bonchev–Trinajstić information content (AvgIpc) is 2.83. The van der Waals surface area contributed by atoms with Gasteiger partial charge in [-0.25, -0.2) is 0 Å². The Morgan fingerprint density at radius 2 is 2.04 bits per heavy atom. The molecule has 0 spiro atoms. The molecule has 0 saturated carbocycles. The standard InChI is InChI=1S/C19H29NO4/c1-22-19-4-2-3-15-5-9-20(10-6-18(15)19)13-16(21)14-24-17-7-11-23-12-8-17/h2-4,16-17,21H,5-14H2,1H3. The van der Waals surface area contributed by atoms with Gasteiger partial charge in [-0.05, 0) is 42.9 Å². The fourth-order valence-corrected chi connectivity index (χ4v) is 3.60. The third kappa shape index (κ3) is 4.70. The Kier molecular flexibility index (Phi) is 6.49. The fraction of sp³-hybridized carbons (Fsp3) is 0.684. The highest BCUT2D eigenvalue weighted by molar-refractivity contribution is 5.41. The number of hydrogen-bond acceptors (Lipinski definition) is 5. The molecule has 0 amide bonds. The van der Waals surface area contributed by atoms with Crippen molar-refractivity contribution in [1.29, 1.82) is 0 Å². The van der Waals surface area contributed by atoms with Gasteiger partial charge in [0.15, 0.2) is 0 Å². The molecule has 2 aliphatic rings.